The third-order valence-corrected chi connectivity index (χ3v) is 1.47. The molecule has 0 spiro atoms. The van der Waals surface area contributed by atoms with E-state index in [1.54, 1.807) is 0 Å². The summed E-state index contributed by atoms with van der Waals surface area (Å²) in [4.78, 5) is 33.8. The minimum Gasteiger partial charge on any atom is -0.861 e. The quantitative estimate of drug-likeness (QED) is 0.372. The second-order valence-electron chi connectivity index (χ2n) is 2.95. The molecular formula is C7H9N8O3-. The number of amides is 3. The molecule has 0 saturated heterocycles. The van der Waals surface area contributed by atoms with Gasteiger partial charge in [-0.1, -0.05) is 0 Å². The van der Waals surface area contributed by atoms with Crippen LogP contribution >= 0.6 is 0 Å². The van der Waals surface area contributed by atoms with Gasteiger partial charge in [-0.15, -0.1) is 0 Å². The SMILES string of the molecule is Nc1nc(N)nc(N)n1.O=C1CC([O-])=NC(=O)N1. The molecule has 1 aliphatic heterocycles. The molecule has 0 atom stereocenters. The van der Waals surface area contributed by atoms with Gasteiger partial charge in [0.05, 0.1) is 6.42 Å². The van der Waals surface area contributed by atoms with Crippen LogP contribution in [-0.4, -0.2) is 32.8 Å². The summed E-state index contributed by atoms with van der Waals surface area (Å²) in [7, 11) is 0. The number of nitrogens with one attached hydrogen (secondary N) is 1. The Morgan fingerprint density at radius 1 is 1.00 bits per heavy atom. The van der Waals surface area contributed by atoms with Crippen molar-refractivity contribution in [3.63, 3.8) is 0 Å². The van der Waals surface area contributed by atoms with E-state index >= 15 is 0 Å². The number of urea groups is 1. The molecule has 11 heteroatoms. The van der Waals surface area contributed by atoms with Gasteiger partial charge < -0.3 is 22.3 Å². The van der Waals surface area contributed by atoms with Crippen LogP contribution in [-0.2, 0) is 4.79 Å². The van der Waals surface area contributed by atoms with E-state index in [-0.39, 0.29) is 24.3 Å². The lowest BCUT2D eigenvalue weighted by Gasteiger charge is -2.13. The maximum atomic E-state index is 10.3. The Balaban J connectivity index is 0.000000180. The van der Waals surface area contributed by atoms with Crippen LogP contribution in [0.2, 0.25) is 0 Å². The monoisotopic (exact) mass is 253 g/mol. The molecular weight excluding hydrogens is 244 g/mol. The van der Waals surface area contributed by atoms with Crippen LogP contribution in [0.5, 0.6) is 0 Å². The fourth-order valence-corrected chi connectivity index (χ4v) is 0.909. The van der Waals surface area contributed by atoms with Crippen molar-refractivity contribution in [1.29, 1.82) is 0 Å². The molecule has 0 aromatic carbocycles. The molecule has 1 aromatic heterocycles. The van der Waals surface area contributed by atoms with E-state index in [1.165, 1.54) is 0 Å². The number of aliphatic imine (C=N–C) groups is 1. The highest BCUT2D eigenvalue weighted by Crippen LogP contribution is 1.97. The third kappa shape index (κ3) is 4.26. The van der Waals surface area contributed by atoms with E-state index < -0.39 is 17.8 Å². The molecule has 0 bridgehead atoms. The molecule has 0 saturated carbocycles. The van der Waals surface area contributed by atoms with E-state index in [1.807, 2.05) is 5.32 Å². The topological polar surface area (TPSA) is 198 Å². The molecule has 11 nitrogen and oxygen atoms in total. The first-order chi connectivity index (χ1) is 8.36. The Bertz CT molecular complexity index is 463. The van der Waals surface area contributed by atoms with Crippen molar-refractivity contribution in [2.75, 3.05) is 17.2 Å². The standard InChI is InChI=1S/C4H4N2O3.C3H6N6/c7-2-1-3(8)6-4(9)5-2;4-1-7-2(5)9-3(6)8-1/h1H2,(H2,5,6,7,8,9);(H6,4,5,6,7,8,9)/p-1. The first-order valence-electron chi connectivity index (χ1n) is 4.47. The summed E-state index contributed by atoms with van der Waals surface area (Å²) >= 11 is 0. The van der Waals surface area contributed by atoms with Gasteiger partial charge in [0.25, 0.3) is 0 Å². The molecule has 1 aromatic rings. The van der Waals surface area contributed by atoms with Gasteiger partial charge in [0.2, 0.25) is 23.8 Å². The number of carbonyl (C=O) groups excluding carboxylic acids is 2. The van der Waals surface area contributed by atoms with Gasteiger partial charge in [0.1, 0.15) is 0 Å². The van der Waals surface area contributed by atoms with Crippen LogP contribution in [0.15, 0.2) is 4.99 Å². The predicted molar refractivity (Wildman–Crippen MR) is 58.7 cm³/mol. The van der Waals surface area contributed by atoms with E-state index in [0.717, 1.165) is 0 Å². The summed E-state index contributed by atoms with van der Waals surface area (Å²) in [5.41, 5.74) is 15.4. The Kier molecular flexibility index (Phi) is 3.91. The van der Waals surface area contributed by atoms with Gasteiger partial charge in [-0.05, 0) is 5.90 Å². The highest BCUT2D eigenvalue weighted by atomic mass is 16.3. The smallest absolute Gasteiger partial charge is 0.346 e. The van der Waals surface area contributed by atoms with Crippen LogP contribution in [0.25, 0.3) is 0 Å². The molecule has 3 amide bonds. The van der Waals surface area contributed by atoms with Gasteiger partial charge in [-0.25, -0.2) is 9.79 Å². The summed E-state index contributed by atoms with van der Waals surface area (Å²) in [5, 5.41) is 12.1. The third-order valence-electron chi connectivity index (χ3n) is 1.47. The zero-order chi connectivity index (χ0) is 13.7. The Hall–Kier alpha value is -2.98. The Labute approximate surface area is 100 Å². The summed E-state index contributed by atoms with van der Waals surface area (Å²) in [6.07, 6.45) is -0.314. The molecule has 96 valence electrons. The normalized spacial score (nSPS) is 14.1. The number of aromatic nitrogens is 3. The van der Waals surface area contributed by atoms with Crippen molar-refractivity contribution >= 4 is 35.7 Å². The molecule has 0 aliphatic carbocycles. The number of nitrogens with zero attached hydrogens (tertiary/aromatic N) is 4. The lowest BCUT2D eigenvalue weighted by Crippen LogP contribution is -2.39. The molecule has 7 N–H and O–H groups in total. The maximum Gasteiger partial charge on any atom is 0.346 e. The first kappa shape index (κ1) is 13.1. The molecule has 0 radical (unpaired) electrons. The molecule has 2 rings (SSSR count). The van der Waals surface area contributed by atoms with Crippen LogP contribution < -0.4 is 27.6 Å². The number of nitrogen functional groups attached to an aromatic ring is 3. The van der Waals surface area contributed by atoms with Crippen LogP contribution in [0.4, 0.5) is 22.6 Å². The maximum absolute atomic E-state index is 10.3. The molecule has 0 fully saturated rings. The zero-order valence-corrected chi connectivity index (χ0v) is 8.95. The number of carbonyl (C=O) groups is 2. The van der Waals surface area contributed by atoms with Crippen LogP contribution in [0, 0.1) is 0 Å². The Morgan fingerprint density at radius 2 is 1.44 bits per heavy atom. The van der Waals surface area contributed by atoms with E-state index in [0.29, 0.717) is 0 Å². The second kappa shape index (κ2) is 5.38. The Morgan fingerprint density at radius 3 is 1.78 bits per heavy atom. The summed E-state index contributed by atoms with van der Waals surface area (Å²) in [5.74, 6) is -1.14. The largest absolute Gasteiger partial charge is 0.861 e. The fraction of sp³-hybridized carbons (Fsp3) is 0.143. The van der Waals surface area contributed by atoms with E-state index in [4.69, 9.17) is 17.2 Å². The van der Waals surface area contributed by atoms with Crippen molar-refractivity contribution in [3.8, 4) is 0 Å². The number of imide groups is 1. The van der Waals surface area contributed by atoms with E-state index in [2.05, 4.69) is 19.9 Å². The average Bonchev–Trinajstić information content (AvgIpc) is 2.12. The van der Waals surface area contributed by atoms with Gasteiger partial charge in [0.15, 0.2) is 0 Å². The lowest BCUT2D eigenvalue weighted by atomic mass is 10.4. The van der Waals surface area contributed by atoms with Gasteiger partial charge in [0, 0.05) is 0 Å². The summed E-state index contributed by atoms with van der Waals surface area (Å²) < 4.78 is 0. The minimum absolute atomic E-state index is 0.0417. The van der Waals surface area contributed by atoms with Crippen molar-refractivity contribution in [1.82, 2.24) is 20.3 Å². The highest BCUT2D eigenvalue weighted by Gasteiger charge is 2.10. The summed E-state index contributed by atoms with van der Waals surface area (Å²) in [6, 6.07) is -0.865. The van der Waals surface area contributed by atoms with Gasteiger partial charge >= 0.3 is 6.03 Å². The molecule has 0 unspecified atom stereocenters. The highest BCUT2D eigenvalue weighted by molar-refractivity contribution is 6.10. The van der Waals surface area contributed by atoms with Crippen LogP contribution in [0.3, 0.4) is 0 Å². The number of hydrogen-bond acceptors (Lipinski definition) is 9. The second-order valence-corrected chi connectivity index (χ2v) is 2.95. The first-order valence-corrected chi connectivity index (χ1v) is 4.47. The number of nitrogens with two attached hydrogens (primary N) is 3. The number of hydrogen-bond donors (Lipinski definition) is 4. The van der Waals surface area contributed by atoms with E-state index in [9.17, 15) is 14.7 Å². The van der Waals surface area contributed by atoms with Gasteiger partial charge in [-0.2, -0.15) is 15.0 Å². The van der Waals surface area contributed by atoms with Crippen molar-refractivity contribution in [2.45, 2.75) is 6.42 Å². The number of anilines is 3. The van der Waals surface area contributed by atoms with Crippen molar-refractivity contribution < 1.29 is 14.7 Å². The molecule has 2 heterocycles. The summed E-state index contributed by atoms with van der Waals surface area (Å²) in [6.45, 7) is 0. The fourth-order valence-electron chi connectivity index (χ4n) is 0.909. The van der Waals surface area contributed by atoms with Gasteiger partial charge in [-0.3, -0.25) is 10.1 Å². The van der Waals surface area contributed by atoms with Crippen molar-refractivity contribution in [3.05, 3.63) is 0 Å². The predicted octanol–water partition coefficient (Wildman–Crippen LogP) is -3.00. The van der Waals surface area contributed by atoms with Crippen LogP contribution in [0.1, 0.15) is 6.42 Å². The molecule has 18 heavy (non-hydrogen) atoms. The average molecular weight is 253 g/mol. The molecule has 1 aliphatic rings. The zero-order valence-electron chi connectivity index (χ0n) is 8.95. The number of rotatable bonds is 0. The minimum atomic E-state index is -0.865. The lowest BCUT2D eigenvalue weighted by molar-refractivity contribution is -0.218. The van der Waals surface area contributed by atoms with Crippen molar-refractivity contribution in [2.24, 2.45) is 4.99 Å².